The van der Waals surface area contributed by atoms with Gasteiger partial charge in [-0.05, 0) is 23.3 Å². The normalized spacial score (nSPS) is 10.4. The number of aromatic nitrogens is 3. The van der Waals surface area contributed by atoms with Gasteiger partial charge in [0.15, 0.2) is 0 Å². The summed E-state index contributed by atoms with van der Waals surface area (Å²) in [6.07, 6.45) is 1.37. The van der Waals surface area contributed by atoms with Gasteiger partial charge in [0.25, 0.3) is 0 Å². The van der Waals surface area contributed by atoms with Crippen molar-refractivity contribution in [3.8, 4) is 5.75 Å². The van der Waals surface area contributed by atoms with E-state index in [4.69, 9.17) is 9.47 Å². The van der Waals surface area contributed by atoms with Gasteiger partial charge in [-0.1, -0.05) is 47.7 Å². The van der Waals surface area contributed by atoms with Crippen molar-refractivity contribution >= 4 is 6.09 Å². The maximum Gasteiger partial charge on any atom is 0.410 e. The number of ether oxygens (including phenoxy) is 2. The Balaban J connectivity index is 1.49. The Morgan fingerprint density at radius 3 is 2.52 bits per heavy atom. The molecule has 0 saturated heterocycles. The van der Waals surface area contributed by atoms with Gasteiger partial charge in [0.1, 0.15) is 18.1 Å². The molecular formula is C20H22N4O3. The molecule has 2 aromatic carbocycles. The fourth-order valence-corrected chi connectivity index (χ4v) is 2.57. The zero-order chi connectivity index (χ0) is 19.1. The maximum atomic E-state index is 12.1. The monoisotopic (exact) mass is 366 g/mol. The van der Waals surface area contributed by atoms with Gasteiger partial charge in [-0.15, -0.1) is 5.10 Å². The van der Waals surface area contributed by atoms with Crippen LogP contribution in [0.25, 0.3) is 0 Å². The Morgan fingerprint density at radius 1 is 1.07 bits per heavy atom. The van der Waals surface area contributed by atoms with E-state index in [0.717, 1.165) is 16.9 Å². The van der Waals surface area contributed by atoms with Crippen molar-refractivity contribution in [1.82, 2.24) is 19.9 Å². The highest BCUT2D eigenvalue weighted by Gasteiger charge is 2.12. The third kappa shape index (κ3) is 5.31. The van der Waals surface area contributed by atoms with E-state index in [1.165, 1.54) is 4.90 Å². The predicted octanol–water partition coefficient (Wildman–Crippen LogP) is 3.10. The average molecular weight is 366 g/mol. The molecule has 3 aromatic rings. The summed E-state index contributed by atoms with van der Waals surface area (Å²) in [5.41, 5.74) is 2.72. The van der Waals surface area contributed by atoms with Crippen LogP contribution in [0.5, 0.6) is 5.75 Å². The summed E-state index contributed by atoms with van der Waals surface area (Å²) >= 11 is 0. The summed E-state index contributed by atoms with van der Waals surface area (Å²) in [5.74, 6) is 0.810. The van der Waals surface area contributed by atoms with E-state index in [2.05, 4.69) is 10.3 Å². The third-order valence-corrected chi connectivity index (χ3v) is 4.01. The van der Waals surface area contributed by atoms with Crippen LogP contribution in [0.4, 0.5) is 4.79 Å². The van der Waals surface area contributed by atoms with Crippen molar-refractivity contribution in [2.24, 2.45) is 0 Å². The highest BCUT2D eigenvalue weighted by Crippen LogP contribution is 2.12. The summed E-state index contributed by atoms with van der Waals surface area (Å²) in [7, 11) is 3.34. The zero-order valence-corrected chi connectivity index (χ0v) is 15.4. The van der Waals surface area contributed by atoms with Crippen LogP contribution in [0.3, 0.4) is 0 Å². The quantitative estimate of drug-likeness (QED) is 0.643. The van der Waals surface area contributed by atoms with Crippen molar-refractivity contribution in [1.29, 1.82) is 0 Å². The van der Waals surface area contributed by atoms with E-state index in [1.807, 2.05) is 54.6 Å². The number of carbonyl (C=O) groups excluding carboxylic acids is 1. The topological polar surface area (TPSA) is 69.5 Å². The molecule has 0 N–H and O–H groups in total. The highest BCUT2D eigenvalue weighted by molar-refractivity contribution is 5.67. The fraction of sp³-hybridized carbons (Fsp3) is 0.250. The summed E-state index contributed by atoms with van der Waals surface area (Å²) in [6.45, 7) is 1.16. The van der Waals surface area contributed by atoms with Gasteiger partial charge in [0.05, 0.1) is 19.9 Å². The van der Waals surface area contributed by atoms with Gasteiger partial charge in [-0.2, -0.15) is 0 Å². The van der Waals surface area contributed by atoms with Gasteiger partial charge < -0.3 is 14.4 Å². The molecule has 7 heteroatoms. The first-order valence-electron chi connectivity index (χ1n) is 8.58. The summed E-state index contributed by atoms with van der Waals surface area (Å²) < 4.78 is 12.2. The molecule has 3 rings (SSSR count). The van der Waals surface area contributed by atoms with E-state index in [1.54, 1.807) is 25.0 Å². The van der Waals surface area contributed by atoms with Crippen LogP contribution in [0, 0.1) is 0 Å². The minimum atomic E-state index is -0.399. The first-order valence-corrected chi connectivity index (χ1v) is 8.58. The lowest BCUT2D eigenvalue weighted by Crippen LogP contribution is -2.26. The Kier molecular flexibility index (Phi) is 6.04. The van der Waals surface area contributed by atoms with Gasteiger partial charge in [-0.25, -0.2) is 9.48 Å². The average Bonchev–Trinajstić information content (AvgIpc) is 3.14. The summed E-state index contributed by atoms with van der Waals surface area (Å²) in [6, 6.07) is 17.5. The SMILES string of the molecule is COc1ccc(Cn2cc(COC(=O)N(C)Cc3ccccc3)nn2)cc1. The first-order chi connectivity index (χ1) is 13.1. The van der Waals surface area contributed by atoms with Gasteiger partial charge >= 0.3 is 6.09 Å². The van der Waals surface area contributed by atoms with E-state index in [0.29, 0.717) is 18.8 Å². The van der Waals surface area contributed by atoms with Crippen molar-refractivity contribution in [2.75, 3.05) is 14.2 Å². The number of hydrogen-bond acceptors (Lipinski definition) is 5. The minimum Gasteiger partial charge on any atom is -0.497 e. The molecular weight excluding hydrogens is 344 g/mol. The molecule has 0 radical (unpaired) electrons. The smallest absolute Gasteiger partial charge is 0.410 e. The highest BCUT2D eigenvalue weighted by atomic mass is 16.6. The first kappa shape index (κ1) is 18.4. The molecule has 0 aliphatic heterocycles. The lowest BCUT2D eigenvalue weighted by molar-refractivity contribution is 0.101. The largest absolute Gasteiger partial charge is 0.497 e. The molecule has 0 spiro atoms. The molecule has 1 heterocycles. The second-order valence-corrected chi connectivity index (χ2v) is 6.15. The zero-order valence-electron chi connectivity index (χ0n) is 15.4. The van der Waals surface area contributed by atoms with Crippen LogP contribution in [0.2, 0.25) is 0 Å². The summed E-state index contributed by atoms with van der Waals surface area (Å²) in [5, 5.41) is 8.13. The van der Waals surface area contributed by atoms with Crippen LogP contribution in [-0.4, -0.2) is 40.1 Å². The van der Waals surface area contributed by atoms with Crippen LogP contribution < -0.4 is 4.74 Å². The second-order valence-electron chi connectivity index (χ2n) is 6.15. The molecule has 0 unspecified atom stereocenters. The number of hydrogen-bond donors (Lipinski definition) is 0. The van der Waals surface area contributed by atoms with E-state index < -0.39 is 6.09 Å². The van der Waals surface area contributed by atoms with Crippen LogP contribution in [0.1, 0.15) is 16.8 Å². The van der Waals surface area contributed by atoms with E-state index >= 15 is 0 Å². The van der Waals surface area contributed by atoms with Gasteiger partial charge in [0, 0.05) is 13.6 Å². The molecule has 0 saturated carbocycles. The van der Waals surface area contributed by atoms with E-state index in [9.17, 15) is 4.79 Å². The number of nitrogens with zero attached hydrogens (tertiary/aromatic N) is 4. The van der Waals surface area contributed by atoms with Crippen LogP contribution in [0.15, 0.2) is 60.8 Å². The Hall–Kier alpha value is -3.35. The number of methoxy groups -OCH3 is 1. The summed E-state index contributed by atoms with van der Waals surface area (Å²) in [4.78, 5) is 13.6. The number of carbonyl (C=O) groups is 1. The molecule has 1 aromatic heterocycles. The molecule has 0 aliphatic carbocycles. The molecule has 7 nitrogen and oxygen atoms in total. The molecule has 1 amide bonds. The lowest BCUT2D eigenvalue weighted by atomic mass is 10.2. The fourth-order valence-electron chi connectivity index (χ4n) is 2.57. The third-order valence-electron chi connectivity index (χ3n) is 4.01. The standard InChI is InChI=1S/C20H22N4O3/c1-23(12-16-6-4-3-5-7-16)20(25)27-15-18-14-24(22-21-18)13-17-8-10-19(26-2)11-9-17/h3-11,14H,12-13,15H2,1-2H3. The van der Waals surface area contributed by atoms with E-state index in [-0.39, 0.29) is 6.61 Å². The predicted molar refractivity (Wildman–Crippen MR) is 100 cm³/mol. The Labute approximate surface area is 158 Å². The molecule has 0 bridgehead atoms. The number of amides is 1. The molecule has 27 heavy (non-hydrogen) atoms. The molecule has 0 atom stereocenters. The van der Waals surface area contributed by atoms with Crippen molar-refractivity contribution in [3.63, 3.8) is 0 Å². The molecule has 0 fully saturated rings. The van der Waals surface area contributed by atoms with Gasteiger partial charge in [-0.3, -0.25) is 0 Å². The van der Waals surface area contributed by atoms with Crippen molar-refractivity contribution in [3.05, 3.63) is 77.6 Å². The van der Waals surface area contributed by atoms with Crippen LogP contribution >= 0.6 is 0 Å². The number of benzene rings is 2. The maximum absolute atomic E-state index is 12.1. The number of rotatable bonds is 7. The lowest BCUT2D eigenvalue weighted by Gasteiger charge is -2.16. The van der Waals surface area contributed by atoms with Gasteiger partial charge in [0.2, 0.25) is 0 Å². The van der Waals surface area contributed by atoms with Crippen molar-refractivity contribution in [2.45, 2.75) is 19.7 Å². The molecule has 0 aliphatic rings. The van der Waals surface area contributed by atoms with Crippen LogP contribution in [-0.2, 0) is 24.4 Å². The molecule has 140 valence electrons. The Bertz CT molecular complexity index is 862. The minimum absolute atomic E-state index is 0.0839. The Morgan fingerprint density at radius 2 is 1.81 bits per heavy atom. The van der Waals surface area contributed by atoms with Crippen molar-refractivity contribution < 1.29 is 14.3 Å². The second kappa shape index (κ2) is 8.84.